The maximum Gasteiger partial charge on any atom is 0.293 e. The molecule has 0 amide bonds. The van der Waals surface area contributed by atoms with Gasteiger partial charge < -0.3 is 10.8 Å². The number of benzene rings is 2. The summed E-state index contributed by atoms with van der Waals surface area (Å²) < 4.78 is 46.0. The maximum atomic E-state index is 13.6. The number of aromatic amines is 2. The van der Waals surface area contributed by atoms with E-state index >= 15 is 0 Å². The van der Waals surface area contributed by atoms with Crippen molar-refractivity contribution < 1.29 is 17.7 Å². The summed E-state index contributed by atoms with van der Waals surface area (Å²) in [4.78, 5) is -0.400. The number of H-pyrrole nitrogens is 2. The molecule has 1 aliphatic heterocycles. The van der Waals surface area contributed by atoms with Gasteiger partial charge in [0.1, 0.15) is 15.9 Å². The highest BCUT2D eigenvalue weighted by atomic mass is 32.3. The third-order valence-corrected chi connectivity index (χ3v) is 9.20. The van der Waals surface area contributed by atoms with E-state index in [0.29, 0.717) is 22.2 Å². The van der Waals surface area contributed by atoms with Crippen molar-refractivity contribution in [1.82, 2.24) is 40.8 Å². The largest absolute Gasteiger partial charge is 0.395 e. The van der Waals surface area contributed by atoms with Gasteiger partial charge in [-0.05, 0) is 22.9 Å². The van der Waals surface area contributed by atoms with Crippen LogP contribution in [0.15, 0.2) is 43.9 Å². The van der Waals surface area contributed by atoms with Crippen molar-refractivity contribution >= 4 is 31.0 Å². The molecule has 0 saturated carbocycles. The van der Waals surface area contributed by atoms with Gasteiger partial charge in [0.15, 0.2) is 9.92 Å². The van der Waals surface area contributed by atoms with Crippen molar-refractivity contribution in [1.29, 1.82) is 0 Å². The minimum absolute atomic E-state index is 0.0303. The van der Waals surface area contributed by atoms with Gasteiger partial charge in [-0.25, -0.2) is 8.93 Å². The second kappa shape index (κ2) is 7.38. The molecule has 5 rings (SSSR count). The van der Waals surface area contributed by atoms with Gasteiger partial charge in [-0.15, -0.1) is 10.2 Å². The van der Waals surface area contributed by atoms with Gasteiger partial charge in [0.05, 0.1) is 23.1 Å². The van der Waals surface area contributed by atoms with Gasteiger partial charge >= 0.3 is 0 Å². The van der Waals surface area contributed by atoms with E-state index < -0.39 is 32.6 Å². The lowest BCUT2D eigenvalue weighted by Gasteiger charge is -2.16. The highest BCUT2D eigenvalue weighted by Crippen LogP contribution is 2.44. The van der Waals surface area contributed by atoms with Gasteiger partial charge in [-0.1, -0.05) is 22.0 Å². The number of hydrogen-bond acceptors (Lipinski definition) is 10. The molecule has 32 heavy (non-hydrogen) atoms. The van der Waals surface area contributed by atoms with Gasteiger partial charge in [0, 0.05) is 12.1 Å². The van der Waals surface area contributed by atoms with Crippen LogP contribution in [0.25, 0.3) is 33.5 Å². The number of fused-ring (bicyclic) bond motifs is 2. The van der Waals surface area contributed by atoms with E-state index in [2.05, 4.69) is 44.5 Å². The number of hydrogen-bond donors (Lipinski definition) is 5. The molecule has 1 unspecified atom stereocenters. The molecule has 4 aromatic rings. The average molecular weight is 477 g/mol. The minimum Gasteiger partial charge on any atom is -0.395 e. The molecule has 2 aromatic heterocycles. The Balaban J connectivity index is 1.84. The standard InChI is InChI=1S/C16H16N10O4S2/c17-6-8(7-27)22-31(28)12-5-4-9(10-2-1-3-11-14(10)19-23-18-11)13(16-20-24-25-21-16)15(12)32(29,30)26-31/h1-5,8,27H,6-7,17H2,(H,18,19,23)(H,22,26,28)(H,20,21,24,25)/t8-,31?/m1/s1. The summed E-state index contributed by atoms with van der Waals surface area (Å²) in [6.07, 6.45) is 0. The molecule has 2 aromatic carbocycles. The first-order valence-corrected chi connectivity index (χ1v) is 12.2. The van der Waals surface area contributed by atoms with Crippen molar-refractivity contribution in [2.45, 2.75) is 15.8 Å². The molecule has 6 N–H and O–H groups in total. The zero-order valence-electron chi connectivity index (χ0n) is 16.1. The molecule has 0 spiro atoms. The molecule has 16 heteroatoms. The number of aliphatic hydroxyl groups is 1. The minimum atomic E-state index is -4.40. The molecular weight excluding hydrogens is 460 g/mol. The number of tetrazole rings is 1. The van der Waals surface area contributed by atoms with Crippen molar-refractivity contribution in [3.63, 3.8) is 0 Å². The van der Waals surface area contributed by atoms with Crippen molar-refractivity contribution in [3.05, 3.63) is 30.3 Å². The quantitative estimate of drug-likeness (QED) is 0.232. The predicted molar refractivity (Wildman–Crippen MR) is 112 cm³/mol. The third kappa shape index (κ3) is 3.07. The first kappa shape index (κ1) is 20.6. The lowest BCUT2D eigenvalue weighted by molar-refractivity contribution is 0.260. The number of para-hydroxylation sites is 1. The molecule has 0 saturated heterocycles. The van der Waals surface area contributed by atoms with Crippen LogP contribution in [0.3, 0.4) is 0 Å². The summed E-state index contributed by atoms with van der Waals surface area (Å²) in [6.45, 7) is -0.537. The van der Waals surface area contributed by atoms with E-state index in [4.69, 9.17) is 5.73 Å². The highest BCUT2D eigenvalue weighted by Gasteiger charge is 2.40. The molecule has 3 heterocycles. The fourth-order valence-electron chi connectivity index (χ4n) is 3.52. The Morgan fingerprint density at radius 1 is 1.06 bits per heavy atom. The van der Waals surface area contributed by atoms with Crippen LogP contribution in [-0.2, 0) is 19.9 Å². The SMILES string of the molecule is NC[C@H](CO)NS1(=O)=NS(=O)(=O)c2c1ccc(-c1cccc3n[nH]nc13)c2-c1nn[nH]n1. The number of rotatable bonds is 6. The topological polar surface area (TPSA) is 218 Å². The van der Waals surface area contributed by atoms with Crippen LogP contribution in [0.4, 0.5) is 0 Å². The first-order valence-electron chi connectivity index (χ1n) is 9.20. The summed E-state index contributed by atoms with van der Waals surface area (Å²) in [5.74, 6) is -0.0303. The Bertz CT molecular complexity index is 1550. The van der Waals surface area contributed by atoms with Crippen LogP contribution in [0.2, 0.25) is 0 Å². The number of aliphatic hydroxyl groups excluding tert-OH is 1. The fraction of sp³-hybridized carbons (Fsp3) is 0.188. The van der Waals surface area contributed by atoms with Crippen LogP contribution in [0.1, 0.15) is 0 Å². The van der Waals surface area contributed by atoms with E-state index in [9.17, 15) is 17.7 Å². The second-order valence-corrected chi connectivity index (χ2v) is 10.5. The lowest BCUT2D eigenvalue weighted by atomic mass is 9.98. The molecule has 0 bridgehead atoms. The fourth-order valence-corrected chi connectivity index (χ4v) is 8.21. The van der Waals surface area contributed by atoms with Crippen LogP contribution in [0.5, 0.6) is 0 Å². The normalized spacial score (nSPS) is 20.2. The third-order valence-electron chi connectivity index (χ3n) is 4.92. The van der Waals surface area contributed by atoms with Crippen LogP contribution < -0.4 is 10.5 Å². The number of aromatic nitrogens is 7. The summed E-state index contributed by atoms with van der Waals surface area (Å²) in [6, 6.07) is 7.38. The van der Waals surface area contributed by atoms with Gasteiger partial charge in [0.2, 0.25) is 5.82 Å². The van der Waals surface area contributed by atoms with E-state index in [1.165, 1.54) is 6.07 Å². The van der Waals surface area contributed by atoms with Crippen LogP contribution >= 0.6 is 0 Å². The Morgan fingerprint density at radius 2 is 1.91 bits per heavy atom. The molecule has 166 valence electrons. The first-order chi connectivity index (χ1) is 15.4. The Labute approximate surface area is 181 Å². The van der Waals surface area contributed by atoms with Crippen molar-refractivity contribution in [2.24, 2.45) is 9.50 Å². The van der Waals surface area contributed by atoms with Crippen molar-refractivity contribution in [3.8, 4) is 22.5 Å². The number of nitrogens with zero attached hydrogens (tertiary/aromatic N) is 6. The monoisotopic (exact) mass is 476 g/mol. The summed E-state index contributed by atoms with van der Waals surface area (Å²) in [5, 5.41) is 34.0. The average Bonchev–Trinajstić information content (AvgIpc) is 3.51. The summed E-state index contributed by atoms with van der Waals surface area (Å²) in [5.41, 5.74) is 7.65. The smallest absolute Gasteiger partial charge is 0.293 e. The van der Waals surface area contributed by atoms with E-state index in [1.54, 1.807) is 24.3 Å². The molecule has 1 aliphatic rings. The van der Waals surface area contributed by atoms with Gasteiger partial charge in [0.25, 0.3) is 10.0 Å². The van der Waals surface area contributed by atoms with Gasteiger partial charge in [-0.3, -0.25) is 0 Å². The second-order valence-electron chi connectivity index (χ2n) is 6.86. The molecule has 0 fully saturated rings. The molecule has 0 aliphatic carbocycles. The zero-order valence-corrected chi connectivity index (χ0v) is 17.8. The molecule has 0 radical (unpaired) electrons. The number of nitrogens with one attached hydrogen (secondary N) is 3. The Kier molecular flexibility index (Phi) is 4.75. The van der Waals surface area contributed by atoms with E-state index in [-0.39, 0.29) is 27.7 Å². The zero-order chi connectivity index (χ0) is 22.5. The van der Waals surface area contributed by atoms with Crippen LogP contribution in [0, 0.1) is 0 Å². The number of sulfonamides is 1. The Hall–Kier alpha value is -3.31. The van der Waals surface area contributed by atoms with Crippen LogP contribution in [-0.4, -0.2) is 73.0 Å². The van der Waals surface area contributed by atoms with Gasteiger partial charge in [-0.2, -0.15) is 29.0 Å². The predicted octanol–water partition coefficient (Wildman–Crippen LogP) is -0.842. The van der Waals surface area contributed by atoms with Crippen molar-refractivity contribution in [2.75, 3.05) is 13.2 Å². The molecule has 2 atom stereocenters. The maximum absolute atomic E-state index is 13.6. The van der Waals surface area contributed by atoms with E-state index in [1.807, 2.05) is 0 Å². The highest BCUT2D eigenvalue weighted by molar-refractivity contribution is 8.05. The molecular formula is C16H16N10O4S2. The van der Waals surface area contributed by atoms with E-state index in [0.717, 1.165) is 0 Å². The summed E-state index contributed by atoms with van der Waals surface area (Å²) >= 11 is 0. The molecule has 14 nitrogen and oxygen atoms in total. The summed E-state index contributed by atoms with van der Waals surface area (Å²) in [7, 11) is -8.06. The number of nitrogens with two attached hydrogens (primary N) is 1. The Morgan fingerprint density at radius 3 is 2.62 bits per heavy atom. The lowest BCUT2D eigenvalue weighted by Crippen LogP contribution is -2.42.